The summed E-state index contributed by atoms with van der Waals surface area (Å²) in [5.41, 5.74) is 4.57. The van der Waals surface area contributed by atoms with Gasteiger partial charge in [-0.15, -0.1) is 0 Å². The number of hydrogen-bond acceptors (Lipinski definition) is 6. The topological polar surface area (TPSA) is 107 Å². The highest BCUT2D eigenvalue weighted by atomic mass is 16.6. The van der Waals surface area contributed by atoms with Crippen LogP contribution in [0.2, 0.25) is 0 Å². The number of amides is 4. The van der Waals surface area contributed by atoms with E-state index in [-0.39, 0.29) is 30.0 Å². The molecule has 4 amide bonds. The van der Waals surface area contributed by atoms with E-state index in [2.05, 4.69) is 10.2 Å². The number of hydrogen-bond donors (Lipinski definition) is 1. The number of benzene rings is 2. The van der Waals surface area contributed by atoms with Gasteiger partial charge in [-0.2, -0.15) is 0 Å². The van der Waals surface area contributed by atoms with E-state index in [1.165, 1.54) is 32.1 Å². The molecule has 3 aromatic rings. The van der Waals surface area contributed by atoms with Gasteiger partial charge in [0.2, 0.25) is 0 Å². The van der Waals surface area contributed by atoms with Gasteiger partial charge in [0, 0.05) is 83.1 Å². The molecule has 50 heavy (non-hydrogen) atoms. The van der Waals surface area contributed by atoms with Gasteiger partial charge in [0.05, 0.1) is 5.52 Å². The van der Waals surface area contributed by atoms with Crippen molar-refractivity contribution in [3.05, 3.63) is 75.6 Å². The third-order valence-corrected chi connectivity index (χ3v) is 11.4. The molecule has 4 aliphatic rings. The zero-order valence-corrected chi connectivity index (χ0v) is 29.4. The average molecular weight is 683 g/mol. The number of nitrogens with zero attached hydrogens (tertiary/aromatic N) is 5. The Kier molecular flexibility index (Phi) is 10.1. The minimum absolute atomic E-state index is 0.0165. The monoisotopic (exact) mass is 682 g/mol. The molecule has 7 rings (SSSR count). The Balaban J connectivity index is 1.03. The van der Waals surface area contributed by atoms with Crippen LogP contribution in [0.25, 0.3) is 10.9 Å². The van der Waals surface area contributed by atoms with Gasteiger partial charge in [-0.3, -0.25) is 14.5 Å². The van der Waals surface area contributed by atoms with E-state index < -0.39 is 12.2 Å². The fraction of sp³-hybridized carbons (Fsp3) is 0.538. The fourth-order valence-electron chi connectivity index (χ4n) is 8.62. The SMILES string of the molecule is Cc1cc(CC(OC(=O)N2CCC(N3CCc4ccccc4NC3=O)CC2)C(=O)N2CCN(C3CCCCC3)CC2)cc2ccc(=O)n(C)c12. The third kappa shape index (κ3) is 7.24. The second-order valence-corrected chi connectivity index (χ2v) is 14.6. The third-order valence-electron chi connectivity index (χ3n) is 11.4. The maximum Gasteiger partial charge on any atom is 0.410 e. The summed E-state index contributed by atoms with van der Waals surface area (Å²) in [7, 11) is 1.76. The molecule has 266 valence electrons. The summed E-state index contributed by atoms with van der Waals surface area (Å²) < 4.78 is 7.78. The zero-order valence-electron chi connectivity index (χ0n) is 29.4. The highest BCUT2D eigenvalue weighted by Crippen LogP contribution is 2.27. The Morgan fingerprint density at radius 1 is 0.840 bits per heavy atom. The molecule has 0 radical (unpaired) electrons. The predicted octanol–water partition coefficient (Wildman–Crippen LogP) is 4.93. The van der Waals surface area contributed by atoms with Crippen molar-refractivity contribution < 1.29 is 19.1 Å². The lowest BCUT2D eigenvalue weighted by Gasteiger charge is -2.41. The van der Waals surface area contributed by atoms with Crippen molar-refractivity contribution in [2.75, 3.05) is 51.1 Å². The van der Waals surface area contributed by atoms with Gasteiger partial charge < -0.3 is 29.3 Å². The van der Waals surface area contributed by atoms with Crippen molar-refractivity contribution in [2.24, 2.45) is 7.05 Å². The van der Waals surface area contributed by atoms with Crippen molar-refractivity contribution in [3.63, 3.8) is 0 Å². The Hall–Kier alpha value is -4.38. The number of anilines is 1. The number of para-hydroxylation sites is 1. The first-order chi connectivity index (χ1) is 24.2. The Labute approximate surface area is 294 Å². The number of piperazine rings is 1. The first-order valence-electron chi connectivity index (χ1n) is 18.5. The second-order valence-electron chi connectivity index (χ2n) is 14.6. The number of aromatic nitrogens is 1. The average Bonchev–Trinajstić information content (AvgIpc) is 3.31. The van der Waals surface area contributed by atoms with Crippen LogP contribution in [0.5, 0.6) is 0 Å². The van der Waals surface area contributed by atoms with Crippen LogP contribution >= 0.6 is 0 Å². The molecule has 0 bridgehead atoms. The standard InChI is InChI=1S/C39H50N6O5/c1-27-24-28(25-30-12-13-35(46)41(2)36(27)30)26-34(37(47)43-22-20-42(21-23-43)31-9-4-3-5-10-31)50-39(49)44-17-15-32(16-18-44)45-19-14-29-8-6-7-11-33(29)40-38(45)48/h6-8,11-13,24-25,31-32,34H,3-5,9-10,14-23,26H2,1-2H3,(H,40,48). The number of nitrogens with one attached hydrogen (secondary N) is 1. The molecular formula is C39H50N6O5. The molecule has 4 heterocycles. The maximum atomic E-state index is 14.2. The lowest BCUT2D eigenvalue weighted by Crippen LogP contribution is -2.55. The van der Waals surface area contributed by atoms with E-state index in [0.29, 0.717) is 51.6 Å². The number of aryl methyl sites for hydroxylation is 2. The van der Waals surface area contributed by atoms with Crippen LogP contribution in [0.3, 0.4) is 0 Å². The van der Waals surface area contributed by atoms with Crippen LogP contribution in [0.1, 0.15) is 61.6 Å². The molecule has 1 atom stereocenters. The fourth-order valence-corrected chi connectivity index (χ4v) is 8.62. The predicted molar refractivity (Wildman–Crippen MR) is 193 cm³/mol. The number of piperidine rings is 1. The van der Waals surface area contributed by atoms with E-state index >= 15 is 0 Å². The number of fused-ring (bicyclic) bond motifs is 2. The summed E-state index contributed by atoms with van der Waals surface area (Å²) in [6.45, 7) is 6.40. The smallest absolute Gasteiger partial charge is 0.410 e. The number of pyridine rings is 1. The minimum Gasteiger partial charge on any atom is -0.436 e. The van der Waals surface area contributed by atoms with Gasteiger partial charge >= 0.3 is 12.1 Å². The summed E-state index contributed by atoms with van der Waals surface area (Å²) in [5.74, 6) is -0.157. The van der Waals surface area contributed by atoms with Gasteiger partial charge in [0.25, 0.3) is 11.5 Å². The van der Waals surface area contributed by atoms with E-state index in [1.54, 1.807) is 22.6 Å². The summed E-state index contributed by atoms with van der Waals surface area (Å²) >= 11 is 0. The maximum absolute atomic E-state index is 14.2. The summed E-state index contributed by atoms with van der Waals surface area (Å²) in [6.07, 6.45) is 7.17. The first-order valence-corrected chi connectivity index (χ1v) is 18.5. The van der Waals surface area contributed by atoms with Crippen LogP contribution in [-0.2, 0) is 29.4 Å². The largest absolute Gasteiger partial charge is 0.436 e. The molecule has 1 unspecified atom stereocenters. The van der Waals surface area contributed by atoms with Crippen molar-refractivity contribution in [2.45, 2.75) is 82.9 Å². The van der Waals surface area contributed by atoms with E-state index in [4.69, 9.17) is 4.74 Å². The van der Waals surface area contributed by atoms with E-state index in [9.17, 15) is 19.2 Å². The molecule has 3 fully saturated rings. The summed E-state index contributed by atoms with van der Waals surface area (Å²) in [5, 5.41) is 3.96. The summed E-state index contributed by atoms with van der Waals surface area (Å²) in [4.78, 5) is 61.4. The minimum atomic E-state index is -0.972. The number of carbonyl (C=O) groups excluding carboxylic acids is 3. The molecule has 1 aromatic heterocycles. The highest BCUT2D eigenvalue weighted by Gasteiger charge is 2.36. The van der Waals surface area contributed by atoms with Crippen molar-refractivity contribution >= 4 is 34.6 Å². The van der Waals surface area contributed by atoms with Gasteiger partial charge in [-0.25, -0.2) is 9.59 Å². The molecule has 0 spiro atoms. The normalized spacial score (nSPS) is 20.3. The molecular weight excluding hydrogens is 632 g/mol. The highest BCUT2D eigenvalue weighted by molar-refractivity contribution is 5.91. The molecule has 11 heteroatoms. The van der Waals surface area contributed by atoms with Crippen LogP contribution in [-0.4, -0.2) is 106 Å². The zero-order chi connectivity index (χ0) is 34.8. The van der Waals surface area contributed by atoms with Gasteiger partial charge in [0.1, 0.15) is 0 Å². The van der Waals surface area contributed by atoms with Crippen molar-refractivity contribution in [1.29, 1.82) is 0 Å². The molecule has 1 N–H and O–H groups in total. The number of ether oxygens (including phenoxy) is 1. The first kappa shape index (κ1) is 34.1. The Morgan fingerprint density at radius 3 is 2.34 bits per heavy atom. The lowest BCUT2D eigenvalue weighted by atomic mass is 9.94. The van der Waals surface area contributed by atoms with E-state index in [0.717, 1.165) is 52.8 Å². The van der Waals surface area contributed by atoms with Crippen LogP contribution < -0.4 is 10.9 Å². The second kappa shape index (κ2) is 14.8. The van der Waals surface area contributed by atoms with Gasteiger partial charge in [-0.1, -0.05) is 43.5 Å². The number of carbonyl (C=O) groups is 3. The molecule has 1 aliphatic carbocycles. The quantitative estimate of drug-likeness (QED) is 0.396. The van der Waals surface area contributed by atoms with Crippen LogP contribution in [0.4, 0.5) is 15.3 Å². The van der Waals surface area contributed by atoms with Crippen molar-refractivity contribution in [3.8, 4) is 0 Å². The van der Waals surface area contributed by atoms with E-state index in [1.807, 2.05) is 59.2 Å². The number of urea groups is 1. The molecule has 2 saturated heterocycles. The Bertz CT molecular complexity index is 1790. The summed E-state index contributed by atoms with van der Waals surface area (Å²) in [6, 6.07) is 15.8. The van der Waals surface area contributed by atoms with Gasteiger partial charge in [-0.05, 0) is 79.3 Å². The number of likely N-dealkylation sites (tertiary alicyclic amines) is 1. The van der Waals surface area contributed by atoms with Crippen LogP contribution in [0.15, 0.2) is 53.3 Å². The van der Waals surface area contributed by atoms with Crippen LogP contribution in [0, 0.1) is 6.92 Å². The molecule has 3 aliphatic heterocycles. The number of rotatable bonds is 6. The molecule has 11 nitrogen and oxygen atoms in total. The molecule has 2 aromatic carbocycles. The van der Waals surface area contributed by atoms with Gasteiger partial charge in [0.15, 0.2) is 6.10 Å². The lowest BCUT2D eigenvalue weighted by molar-refractivity contribution is -0.143. The molecule has 1 saturated carbocycles. The van der Waals surface area contributed by atoms with Crippen molar-refractivity contribution in [1.82, 2.24) is 24.2 Å². The Morgan fingerprint density at radius 2 is 1.58 bits per heavy atom.